The van der Waals surface area contributed by atoms with Gasteiger partial charge in [-0.1, -0.05) is 61.9 Å². The van der Waals surface area contributed by atoms with Crippen molar-refractivity contribution in [3.05, 3.63) is 60.2 Å². The molecule has 1 aliphatic heterocycles. The fourth-order valence-electron chi connectivity index (χ4n) is 2.65. The summed E-state index contributed by atoms with van der Waals surface area (Å²) in [6.45, 7) is 2.16. The average molecular weight is 323 g/mol. The van der Waals surface area contributed by atoms with Gasteiger partial charge in [0.2, 0.25) is 0 Å². The second-order valence-corrected chi connectivity index (χ2v) is 6.78. The summed E-state index contributed by atoms with van der Waals surface area (Å²) in [4.78, 5) is 14.6. The van der Waals surface area contributed by atoms with E-state index in [9.17, 15) is 4.79 Å². The maximum Gasteiger partial charge on any atom is 0.159 e. The molecule has 0 spiro atoms. The van der Waals surface area contributed by atoms with Crippen LogP contribution in [0, 0.1) is 0 Å². The number of para-hydroxylation sites is 2. The predicted molar refractivity (Wildman–Crippen MR) is 97.7 cm³/mol. The minimum absolute atomic E-state index is 0.167. The van der Waals surface area contributed by atoms with Gasteiger partial charge in [-0.3, -0.25) is 4.79 Å². The third kappa shape index (κ3) is 3.85. The monoisotopic (exact) mass is 323 g/mol. The van der Waals surface area contributed by atoms with Crippen molar-refractivity contribution in [3.8, 4) is 0 Å². The Balaban J connectivity index is 1.76. The molecule has 0 aliphatic carbocycles. The Morgan fingerprint density at radius 3 is 2.83 bits per heavy atom. The van der Waals surface area contributed by atoms with Crippen molar-refractivity contribution in [2.24, 2.45) is 0 Å². The number of allylic oxidation sites excluding steroid dienone is 2. The molecular weight excluding hydrogens is 302 g/mol. The van der Waals surface area contributed by atoms with Crippen molar-refractivity contribution in [1.82, 2.24) is 0 Å². The van der Waals surface area contributed by atoms with Gasteiger partial charge in [-0.15, -0.1) is 0 Å². The quantitative estimate of drug-likeness (QED) is 0.462. The van der Waals surface area contributed by atoms with Crippen LogP contribution in [0.3, 0.4) is 0 Å². The van der Waals surface area contributed by atoms with Gasteiger partial charge in [-0.25, -0.2) is 0 Å². The van der Waals surface area contributed by atoms with Crippen LogP contribution in [0.5, 0.6) is 0 Å². The number of carbonyl (C=O) groups excluding carboxylic acids is 1. The molecule has 1 aliphatic rings. The molecule has 23 heavy (non-hydrogen) atoms. The van der Waals surface area contributed by atoms with Crippen molar-refractivity contribution < 1.29 is 4.79 Å². The first-order valence-corrected chi connectivity index (χ1v) is 8.94. The summed E-state index contributed by atoms with van der Waals surface area (Å²) < 4.78 is 0. The number of hydrogen-bond acceptors (Lipinski definition) is 3. The number of fused-ring (bicyclic) bond motifs is 2. The van der Waals surface area contributed by atoms with Crippen LogP contribution in [0.15, 0.2) is 64.4 Å². The molecule has 0 saturated heterocycles. The molecule has 2 aromatic rings. The lowest BCUT2D eigenvalue weighted by Gasteiger charge is -2.23. The van der Waals surface area contributed by atoms with Crippen LogP contribution >= 0.6 is 11.8 Å². The smallest absolute Gasteiger partial charge is 0.159 e. The van der Waals surface area contributed by atoms with Gasteiger partial charge in [0.05, 0.1) is 11.4 Å². The van der Waals surface area contributed by atoms with Crippen molar-refractivity contribution in [2.45, 2.75) is 42.4 Å². The topological polar surface area (TPSA) is 29.1 Å². The molecule has 0 saturated carbocycles. The van der Waals surface area contributed by atoms with Crippen molar-refractivity contribution in [3.63, 3.8) is 0 Å². The van der Waals surface area contributed by atoms with Gasteiger partial charge in [0, 0.05) is 16.2 Å². The Morgan fingerprint density at radius 1 is 1.13 bits per heavy atom. The van der Waals surface area contributed by atoms with E-state index in [4.69, 9.17) is 0 Å². The van der Waals surface area contributed by atoms with Crippen molar-refractivity contribution >= 4 is 28.9 Å². The highest BCUT2D eigenvalue weighted by atomic mass is 32.2. The lowest BCUT2D eigenvalue weighted by molar-refractivity contribution is -0.114. The molecule has 2 aromatic carbocycles. The van der Waals surface area contributed by atoms with Crippen LogP contribution in [-0.2, 0) is 11.2 Å². The number of unbranched alkanes of at least 4 members (excludes halogenated alkanes) is 2. The SMILES string of the molecule is CCCCC=CC(=O)Cc1cccc2c1Nc1ccccc1S2. The molecular formula is C20H21NOS. The highest BCUT2D eigenvalue weighted by Crippen LogP contribution is 2.45. The molecule has 1 N–H and O–H groups in total. The van der Waals surface area contributed by atoms with E-state index in [2.05, 4.69) is 30.4 Å². The largest absolute Gasteiger partial charge is 0.353 e. The minimum Gasteiger partial charge on any atom is -0.353 e. The molecule has 1 heterocycles. The molecule has 2 nitrogen and oxygen atoms in total. The van der Waals surface area contributed by atoms with Crippen LogP contribution in [-0.4, -0.2) is 5.78 Å². The van der Waals surface area contributed by atoms with Crippen molar-refractivity contribution in [2.75, 3.05) is 5.32 Å². The number of ketones is 1. The lowest BCUT2D eigenvalue weighted by atomic mass is 10.1. The molecule has 0 atom stereocenters. The first-order valence-electron chi connectivity index (χ1n) is 8.13. The maximum absolute atomic E-state index is 12.2. The third-order valence-electron chi connectivity index (χ3n) is 3.87. The fraction of sp³-hybridized carbons (Fsp3) is 0.250. The minimum atomic E-state index is 0.167. The Kier molecular flexibility index (Phi) is 5.19. The number of anilines is 2. The number of benzene rings is 2. The second kappa shape index (κ2) is 7.51. The lowest BCUT2D eigenvalue weighted by Crippen LogP contribution is -2.06. The van der Waals surface area contributed by atoms with E-state index in [0.29, 0.717) is 6.42 Å². The summed E-state index contributed by atoms with van der Waals surface area (Å²) in [7, 11) is 0. The maximum atomic E-state index is 12.2. The van der Waals surface area contributed by atoms with Crippen molar-refractivity contribution in [1.29, 1.82) is 0 Å². The molecule has 0 bridgehead atoms. The highest BCUT2D eigenvalue weighted by molar-refractivity contribution is 7.99. The predicted octanol–water partition coefficient (Wildman–Crippen LogP) is 5.75. The van der Waals surface area contributed by atoms with Crippen LogP contribution in [0.4, 0.5) is 11.4 Å². The number of nitrogens with one attached hydrogen (secondary N) is 1. The van der Waals surface area contributed by atoms with Gasteiger partial charge in [0.15, 0.2) is 5.78 Å². The van der Waals surface area contributed by atoms with Crippen LogP contribution in [0.2, 0.25) is 0 Å². The summed E-state index contributed by atoms with van der Waals surface area (Å²) in [5.74, 6) is 0.167. The Hall–Kier alpha value is -2.00. The molecule has 3 heteroatoms. The van der Waals surface area contributed by atoms with Gasteiger partial charge >= 0.3 is 0 Å². The average Bonchev–Trinajstić information content (AvgIpc) is 2.57. The van der Waals surface area contributed by atoms with Gasteiger partial charge in [0.25, 0.3) is 0 Å². The van der Waals surface area contributed by atoms with Crippen LogP contribution in [0.1, 0.15) is 31.7 Å². The van der Waals surface area contributed by atoms with Crippen LogP contribution in [0.25, 0.3) is 0 Å². The zero-order valence-corrected chi connectivity index (χ0v) is 14.2. The Labute approximate surface area is 142 Å². The zero-order valence-electron chi connectivity index (χ0n) is 13.3. The number of rotatable bonds is 6. The second-order valence-electron chi connectivity index (χ2n) is 5.70. The first-order chi connectivity index (χ1) is 11.3. The summed E-state index contributed by atoms with van der Waals surface area (Å²) in [5.41, 5.74) is 3.25. The molecule has 0 radical (unpaired) electrons. The molecule has 0 fully saturated rings. The van der Waals surface area contributed by atoms with Gasteiger partial charge in [-0.05, 0) is 36.3 Å². The molecule has 3 rings (SSSR count). The van der Waals surface area contributed by atoms with Gasteiger partial charge in [-0.2, -0.15) is 0 Å². The Bertz CT molecular complexity index is 736. The number of hydrogen-bond donors (Lipinski definition) is 1. The van der Waals surface area contributed by atoms with E-state index in [1.54, 1.807) is 17.8 Å². The molecule has 0 unspecified atom stereocenters. The Morgan fingerprint density at radius 2 is 1.96 bits per heavy atom. The first kappa shape index (κ1) is 15.9. The summed E-state index contributed by atoms with van der Waals surface area (Å²) in [6.07, 6.45) is 7.46. The standard InChI is InChI=1S/C20H21NOS/c1-2-3-4-5-10-16(22)14-15-9-8-13-19-20(15)21-17-11-6-7-12-18(17)23-19/h5-13,21H,2-4,14H2,1H3. The normalized spacial score (nSPS) is 12.6. The number of carbonyl (C=O) groups is 1. The van der Waals surface area contributed by atoms with E-state index in [0.717, 1.165) is 36.2 Å². The molecule has 118 valence electrons. The van der Waals surface area contributed by atoms with Gasteiger partial charge in [0.1, 0.15) is 0 Å². The summed E-state index contributed by atoms with van der Waals surface area (Å²) in [6, 6.07) is 14.4. The van der Waals surface area contributed by atoms with Gasteiger partial charge < -0.3 is 5.32 Å². The third-order valence-corrected chi connectivity index (χ3v) is 5.01. The molecule has 0 aromatic heterocycles. The van der Waals surface area contributed by atoms with E-state index in [1.165, 1.54) is 9.79 Å². The van der Waals surface area contributed by atoms with E-state index >= 15 is 0 Å². The van der Waals surface area contributed by atoms with E-state index in [1.807, 2.05) is 30.3 Å². The molecule has 0 amide bonds. The zero-order chi connectivity index (χ0) is 16.1. The highest BCUT2D eigenvalue weighted by Gasteiger charge is 2.18. The summed E-state index contributed by atoms with van der Waals surface area (Å²) >= 11 is 1.76. The van der Waals surface area contributed by atoms with Crippen LogP contribution < -0.4 is 5.32 Å². The summed E-state index contributed by atoms with van der Waals surface area (Å²) in [5, 5.41) is 3.49. The fourth-order valence-corrected chi connectivity index (χ4v) is 3.69. The van der Waals surface area contributed by atoms with E-state index < -0.39 is 0 Å². The van der Waals surface area contributed by atoms with E-state index in [-0.39, 0.29) is 5.78 Å².